The normalized spacial score (nSPS) is 10.5. The van der Waals surface area contributed by atoms with E-state index in [1.807, 2.05) is 24.3 Å². The maximum atomic E-state index is 12.1. The Hall–Kier alpha value is -2.29. The largest absolute Gasteiger partial charge is 0.508 e. The van der Waals surface area contributed by atoms with Crippen LogP contribution < -0.4 is 5.32 Å². The molecule has 0 atom stereocenters. The number of carbonyl (C=O) groups is 1. The maximum absolute atomic E-state index is 12.1. The highest BCUT2D eigenvalue weighted by Gasteiger charge is 2.10. The number of benzene rings is 2. The second-order valence-electron chi connectivity index (χ2n) is 4.75. The quantitative estimate of drug-likeness (QED) is 0.877. The Balaban J connectivity index is 2.24. The van der Waals surface area contributed by atoms with Crippen LogP contribution >= 0.6 is 0 Å². The lowest BCUT2D eigenvalue weighted by Gasteiger charge is -2.13. The van der Waals surface area contributed by atoms with Gasteiger partial charge in [0, 0.05) is 11.3 Å². The Bertz CT molecular complexity index is 591. The Morgan fingerprint density at radius 1 is 1.11 bits per heavy atom. The fourth-order valence-electron chi connectivity index (χ4n) is 1.96. The van der Waals surface area contributed by atoms with E-state index in [1.165, 1.54) is 6.07 Å². The van der Waals surface area contributed by atoms with Crippen LogP contribution in [0.1, 0.15) is 35.7 Å². The summed E-state index contributed by atoms with van der Waals surface area (Å²) < 4.78 is 0. The molecule has 2 N–H and O–H groups in total. The first kappa shape index (κ1) is 13.1. The van der Waals surface area contributed by atoms with Crippen molar-refractivity contribution in [3.8, 4) is 5.75 Å². The van der Waals surface area contributed by atoms with Gasteiger partial charge in [0.05, 0.1) is 0 Å². The number of hydrogen-bond donors (Lipinski definition) is 2. The van der Waals surface area contributed by atoms with E-state index in [1.54, 1.807) is 18.2 Å². The van der Waals surface area contributed by atoms with Gasteiger partial charge in [-0.05, 0) is 35.7 Å². The number of para-hydroxylation sites is 1. The molecule has 0 unspecified atom stereocenters. The molecular formula is C16H17NO2. The number of phenolic OH excluding ortho intramolecular Hbond substituents is 1. The lowest BCUT2D eigenvalue weighted by atomic mass is 10.0. The Kier molecular flexibility index (Phi) is 3.85. The molecule has 0 bridgehead atoms. The van der Waals surface area contributed by atoms with Gasteiger partial charge in [0.2, 0.25) is 0 Å². The molecular weight excluding hydrogens is 238 g/mol. The van der Waals surface area contributed by atoms with Crippen molar-refractivity contribution in [3.63, 3.8) is 0 Å². The summed E-state index contributed by atoms with van der Waals surface area (Å²) in [6.45, 7) is 4.17. The highest BCUT2D eigenvalue weighted by atomic mass is 16.3. The van der Waals surface area contributed by atoms with Crippen LogP contribution in [0.25, 0.3) is 0 Å². The SMILES string of the molecule is CC(C)c1ccccc1NC(=O)c1cccc(O)c1. The maximum Gasteiger partial charge on any atom is 0.255 e. The molecule has 0 aliphatic carbocycles. The van der Waals surface area contributed by atoms with E-state index in [-0.39, 0.29) is 11.7 Å². The predicted octanol–water partition coefficient (Wildman–Crippen LogP) is 3.77. The zero-order valence-electron chi connectivity index (χ0n) is 11.1. The van der Waals surface area contributed by atoms with Crippen LogP contribution in [-0.2, 0) is 0 Å². The minimum atomic E-state index is -0.219. The number of phenols is 1. The number of aromatic hydroxyl groups is 1. The molecule has 0 fully saturated rings. The summed E-state index contributed by atoms with van der Waals surface area (Å²) in [6, 6.07) is 14.1. The molecule has 0 aromatic heterocycles. The zero-order valence-corrected chi connectivity index (χ0v) is 11.1. The van der Waals surface area contributed by atoms with Gasteiger partial charge in [-0.1, -0.05) is 38.1 Å². The molecule has 2 rings (SSSR count). The van der Waals surface area contributed by atoms with Gasteiger partial charge in [-0.2, -0.15) is 0 Å². The molecule has 0 radical (unpaired) electrons. The number of hydrogen-bond acceptors (Lipinski definition) is 2. The first-order chi connectivity index (χ1) is 9.08. The van der Waals surface area contributed by atoms with Crippen molar-refractivity contribution in [1.29, 1.82) is 0 Å². The third-order valence-electron chi connectivity index (χ3n) is 2.94. The van der Waals surface area contributed by atoms with Crippen LogP contribution in [0, 0.1) is 0 Å². The Labute approximate surface area is 112 Å². The average Bonchev–Trinajstić information content (AvgIpc) is 2.39. The monoisotopic (exact) mass is 255 g/mol. The van der Waals surface area contributed by atoms with Crippen molar-refractivity contribution >= 4 is 11.6 Å². The van der Waals surface area contributed by atoms with Crippen LogP contribution in [0.4, 0.5) is 5.69 Å². The summed E-state index contributed by atoms with van der Waals surface area (Å²) in [5.41, 5.74) is 2.35. The summed E-state index contributed by atoms with van der Waals surface area (Å²) in [7, 11) is 0. The van der Waals surface area contributed by atoms with Crippen molar-refractivity contribution in [1.82, 2.24) is 0 Å². The average molecular weight is 255 g/mol. The standard InChI is InChI=1S/C16H17NO2/c1-11(2)14-8-3-4-9-15(14)17-16(19)12-6-5-7-13(18)10-12/h3-11,18H,1-2H3,(H,17,19). The Morgan fingerprint density at radius 2 is 1.84 bits per heavy atom. The molecule has 2 aromatic rings. The molecule has 0 saturated carbocycles. The fourth-order valence-corrected chi connectivity index (χ4v) is 1.96. The zero-order chi connectivity index (χ0) is 13.8. The van der Waals surface area contributed by atoms with Crippen LogP contribution in [0.3, 0.4) is 0 Å². The van der Waals surface area contributed by atoms with Crippen LogP contribution in [0.5, 0.6) is 5.75 Å². The third kappa shape index (κ3) is 3.13. The van der Waals surface area contributed by atoms with Gasteiger partial charge in [-0.15, -0.1) is 0 Å². The van der Waals surface area contributed by atoms with E-state index in [4.69, 9.17) is 0 Å². The molecule has 3 nitrogen and oxygen atoms in total. The van der Waals surface area contributed by atoms with E-state index in [0.29, 0.717) is 11.5 Å². The molecule has 0 spiro atoms. The number of carbonyl (C=O) groups excluding carboxylic acids is 1. The van der Waals surface area contributed by atoms with Gasteiger partial charge in [-0.25, -0.2) is 0 Å². The van der Waals surface area contributed by atoms with Gasteiger partial charge in [0.1, 0.15) is 5.75 Å². The topological polar surface area (TPSA) is 49.3 Å². The second kappa shape index (κ2) is 5.57. The summed E-state index contributed by atoms with van der Waals surface area (Å²) in [5, 5.41) is 12.3. The molecule has 2 aromatic carbocycles. The van der Waals surface area contributed by atoms with Crippen LogP contribution in [0.2, 0.25) is 0 Å². The Morgan fingerprint density at radius 3 is 2.53 bits per heavy atom. The lowest BCUT2D eigenvalue weighted by Crippen LogP contribution is -2.13. The second-order valence-corrected chi connectivity index (χ2v) is 4.75. The van der Waals surface area contributed by atoms with Gasteiger partial charge in [-0.3, -0.25) is 4.79 Å². The van der Waals surface area contributed by atoms with E-state index >= 15 is 0 Å². The van der Waals surface area contributed by atoms with E-state index in [2.05, 4.69) is 19.2 Å². The molecule has 0 saturated heterocycles. The molecule has 98 valence electrons. The van der Waals surface area contributed by atoms with Crippen LogP contribution in [-0.4, -0.2) is 11.0 Å². The van der Waals surface area contributed by atoms with Crippen LogP contribution in [0.15, 0.2) is 48.5 Å². The fraction of sp³-hybridized carbons (Fsp3) is 0.188. The van der Waals surface area contributed by atoms with Crippen molar-refractivity contribution in [2.24, 2.45) is 0 Å². The first-order valence-electron chi connectivity index (χ1n) is 6.27. The highest BCUT2D eigenvalue weighted by molar-refractivity contribution is 6.04. The summed E-state index contributed by atoms with van der Waals surface area (Å²) in [4.78, 5) is 12.1. The number of amides is 1. The number of nitrogens with one attached hydrogen (secondary N) is 1. The van der Waals surface area contributed by atoms with E-state index in [0.717, 1.165) is 11.3 Å². The van der Waals surface area contributed by atoms with E-state index < -0.39 is 0 Å². The highest BCUT2D eigenvalue weighted by Crippen LogP contribution is 2.24. The van der Waals surface area contributed by atoms with Gasteiger partial charge in [0.15, 0.2) is 0 Å². The smallest absolute Gasteiger partial charge is 0.255 e. The van der Waals surface area contributed by atoms with Crippen molar-refractivity contribution in [2.75, 3.05) is 5.32 Å². The summed E-state index contributed by atoms with van der Waals surface area (Å²) in [5.74, 6) is 0.203. The van der Waals surface area contributed by atoms with Crippen molar-refractivity contribution in [2.45, 2.75) is 19.8 Å². The molecule has 0 aliphatic rings. The van der Waals surface area contributed by atoms with E-state index in [9.17, 15) is 9.90 Å². The molecule has 0 aliphatic heterocycles. The third-order valence-corrected chi connectivity index (χ3v) is 2.94. The summed E-state index contributed by atoms with van der Waals surface area (Å²) in [6.07, 6.45) is 0. The molecule has 3 heteroatoms. The minimum Gasteiger partial charge on any atom is -0.508 e. The number of anilines is 1. The molecule has 19 heavy (non-hydrogen) atoms. The molecule has 1 amide bonds. The van der Waals surface area contributed by atoms with Crippen molar-refractivity contribution in [3.05, 3.63) is 59.7 Å². The van der Waals surface area contributed by atoms with Gasteiger partial charge < -0.3 is 10.4 Å². The van der Waals surface area contributed by atoms with Gasteiger partial charge >= 0.3 is 0 Å². The lowest BCUT2D eigenvalue weighted by molar-refractivity contribution is 0.102. The summed E-state index contributed by atoms with van der Waals surface area (Å²) >= 11 is 0. The van der Waals surface area contributed by atoms with Crippen molar-refractivity contribution < 1.29 is 9.90 Å². The molecule has 0 heterocycles. The first-order valence-corrected chi connectivity index (χ1v) is 6.27. The van der Waals surface area contributed by atoms with Gasteiger partial charge in [0.25, 0.3) is 5.91 Å². The minimum absolute atomic E-state index is 0.0878. The number of rotatable bonds is 3. The predicted molar refractivity (Wildman–Crippen MR) is 76.6 cm³/mol.